The van der Waals surface area contributed by atoms with Crippen molar-refractivity contribution in [3.8, 4) is 0 Å². The SMILES string of the molecule is Nc1ccc(CC(=O)N2CCOC(c3cccc(Br)c3)C2)cc1. The molecule has 4 nitrogen and oxygen atoms in total. The van der Waals surface area contributed by atoms with Crippen molar-refractivity contribution >= 4 is 27.5 Å². The van der Waals surface area contributed by atoms with Crippen LogP contribution in [0.15, 0.2) is 53.0 Å². The fraction of sp³-hybridized carbons (Fsp3) is 0.278. The molecule has 1 saturated heterocycles. The van der Waals surface area contributed by atoms with Crippen LogP contribution in [-0.4, -0.2) is 30.5 Å². The molecule has 1 heterocycles. The number of nitrogens with zero attached hydrogens (tertiary/aromatic N) is 1. The zero-order chi connectivity index (χ0) is 16.2. The summed E-state index contributed by atoms with van der Waals surface area (Å²) < 4.78 is 6.85. The minimum Gasteiger partial charge on any atom is -0.399 e. The van der Waals surface area contributed by atoms with Gasteiger partial charge < -0.3 is 15.4 Å². The lowest BCUT2D eigenvalue weighted by Crippen LogP contribution is -2.43. The summed E-state index contributed by atoms with van der Waals surface area (Å²) in [5, 5.41) is 0. The van der Waals surface area contributed by atoms with Gasteiger partial charge in [0.1, 0.15) is 6.10 Å². The molecule has 1 aliphatic heterocycles. The quantitative estimate of drug-likeness (QED) is 0.839. The van der Waals surface area contributed by atoms with Gasteiger partial charge in [-0.05, 0) is 35.4 Å². The number of amides is 1. The maximum Gasteiger partial charge on any atom is 0.227 e. The Balaban J connectivity index is 1.65. The Hall–Kier alpha value is -1.85. The zero-order valence-electron chi connectivity index (χ0n) is 12.7. The van der Waals surface area contributed by atoms with Gasteiger partial charge in [-0.25, -0.2) is 0 Å². The van der Waals surface area contributed by atoms with Crippen molar-refractivity contribution in [1.29, 1.82) is 0 Å². The van der Waals surface area contributed by atoms with E-state index >= 15 is 0 Å². The van der Waals surface area contributed by atoms with Gasteiger partial charge in [0.15, 0.2) is 0 Å². The molecule has 2 aromatic carbocycles. The fourth-order valence-corrected chi connectivity index (χ4v) is 3.12. The average molecular weight is 375 g/mol. The predicted molar refractivity (Wildman–Crippen MR) is 94.0 cm³/mol. The van der Waals surface area contributed by atoms with Crippen molar-refractivity contribution in [2.24, 2.45) is 0 Å². The standard InChI is InChI=1S/C18H19BrN2O2/c19-15-3-1-2-14(11-15)17-12-21(8-9-23-17)18(22)10-13-4-6-16(20)7-5-13/h1-7,11,17H,8-10,12,20H2. The molecule has 3 rings (SSSR count). The van der Waals surface area contributed by atoms with Gasteiger partial charge >= 0.3 is 0 Å². The van der Waals surface area contributed by atoms with Crippen LogP contribution in [0.1, 0.15) is 17.2 Å². The largest absolute Gasteiger partial charge is 0.399 e. The smallest absolute Gasteiger partial charge is 0.227 e. The van der Waals surface area contributed by atoms with Crippen molar-refractivity contribution in [3.63, 3.8) is 0 Å². The van der Waals surface area contributed by atoms with E-state index in [0.29, 0.717) is 31.8 Å². The van der Waals surface area contributed by atoms with Gasteiger partial charge in [0, 0.05) is 16.7 Å². The summed E-state index contributed by atoms with van der Waals surface area (Å²) in [6, 6.07) is 15.5. The molecule has 5 heteroatoms. The van der Waals surface area contributed by atoms with E-state index in [9.17, 15) is 4.79 Å². The number of rotatable bonds is 3. The Kier molecular flexibility index (Phi) is 4.98. The molecule has 120 valence electrons. The molecule has 1 amide bonds. The number of carbonyl (C=O) groups is 1. The van der Waals surface area contributed by atoms with Gasteiger partial charge in [-0.2, -0.15) is 0 Å². The number of anilines is 1. The second-order valence-electron chi connectivity index (χ2n) is 5.67. The highest BCUT2D eigenvalue weighted by Crippen LogP contribution is 2.25. The van der Waals surface area contributed by atoms with Gasteiger partial charge in [0.05, 0.1) is 19.6 Å². The number of morpholine rings is 1. The normalized spacial score (nSPS) is 18.0. The van der Waals surface area contributed by atoms with Crippen LogP contribution < -0.4 is 5.73 Å². The van der Waals surface area contributed by atoms with Gasteiger partial charge in [0.25, 0.3) is 0 Å². The van der Waals surface area contributed by atoms with Crippen LogP contribution in [0.2, 0.25) is 0 Å². The van der Waals surface area contributed by atoms with Crippen LogP contribution in [0, 0.1) is 0 Å². The molecule has 1 aliphatic rings. The number of carbonyl (C=O) groups excluding carboxylic acids is 1. The first-order chi connectivity index (χ1) is 11.1. The number of benzene rings is 2. The van der Waals surface area contributed by atoms with Crippen molar-refractivity contribution in [1.82, 2.24) is 4.90 Å². The molecule has 0 saturated carbocycles. The number of ether oxygens (including phenoxy) is 1. The molecule has 0 aliphatic carbocycles. The van der Waals surface area contributed by atoms with E-state index < -0.39 is 0 Å². The van der Waals surface area contributed by atoms with Crippen molar-refractivity contribution in [3.05, 3.63) is 64.1 Å². The summed E-state index contributed by atoms with van der Waals surface area (Å²) in [4.78, 5) is 14.4. The van der Waals surface area contributed by atoms with E-state index in [1.165, 1.54) is 0 Å². The molecule has 1 atom stereocenters. The highest BCUT2D eigenvalue weighted by Gasteiger charge is 2.25. The second-order valence-corrected chi connectivity index (χ2v) is 6.59. The molecule has 1 unspecified atom stereocenters. The van der Waals surface area contributed by atoms with Crippen molar-refractivity contribution < 1.29 is 9.53 Å². The number of halogens is 1. The molecule has 1 fully saturated rings. The molecule has 2 N–H and O–H groups in total. The van der Waals surface area contributed by atoms with Crippen LogP contribution in [0.4, 0.5) is 5.69 Å². The maximum atomic E-state index is 12.5. The monoisotopic (exact) mass is 374 g/mol. The molecule has 2 aromatic rings. The highest BCUT2D eigenvalue weighted by atomic mass is 79.9. The summed E-state index contributed by atoms with van der Waals surface area (Å²) in [5.74, 6) is 0.123. The Labute approximate surface area is 144 Å². The molecular formula is C18H19BrN2O2. The van der Waals surface area contributed by atoms with E-state index in [0.717, 1.165) is 15.6 Å². The number of hydrogen-bond acceptors (Lipinski definition) is 3. The first-order valence-corrected chi connectivity index (χ1v) is 8.40. The number of nitrogens with two attached hydrogens (primary N) is 1. The van der Waals surface area contributed by atoms with Gasteiger partial charge in [0.2, 0.25) is 5.91 Å². The minimum atomic E-state index is -0.0726. The Morgan fingerprint density at radius 2 is 2.04 bits per heavy atom. The third kappa shape index (κ3) is 4.12. The lowest BCUT2D eigenvalue weighted by atomic mass is 10.1. The van der Waals surface area contributed by atoms with Gasteiger partial charge in [-0.1, -0.05) is 40.2 Å². The second kappa shape index (κ2) is 7.15. The van der Waals surface area contributed by atoms with E-state index in [1.54, 1.807) is 0 Å². The summed E-state index contributed by atoms with van der Waals surface area (Å²) in [5.41, 5.74) is 8.46. The summed E-state index contributed by atoms with van der Waals surface area (Å²) in [6.07, 6.45) is 0.322. The molecule has 0 aromatic heterocycles. The third-order valence-electron chi connectivity index (χ3n) is 3.97. The van der Waals surface area contributed by atoms with Crippen LogP contribution in [0.5, 0.6) is 0 Å². The molecule has 0 bridgehead atoms. The van der Waals surface area contributed by atoms with Crippen molar-refractivity contribution in [2.75, 3.05) is 25.4 Å². The van der Waals surface area contributed by atoms with E-state index in [4.69, 9.17) is 10.5 Å². The van der Waals surface area contributed by atoms with Crippen LogP contribution in [0.3, 0.4) is 0 Å². The van der Waals surface area contributed by atoms with Gasteiger partial charge in [-0.3, -0.25) is 4.79 Å². The molecular weight excluding hydrogens is 356 g/mol. The Bertz CT molecular complexity index is 688. The first kappa shape index (κ1) is 16.0. The molecule has 0 radical (unpaired) electrons. The first-order valence-electron chi connectivity index (χ1n) is 7.61. The van der Waals surface area contributed by atoms with E-state index in [-0.39, 0.29) is 12.0 Å². The number of hydrogen-bond donors (Lipinski definition) is 1. The predicted octanol–water partition coefficient (Wildman–Crippen LogP) is 3.17. The zero-order valence-corrected chi connectivity index (χ0v) is 14.3. The van der Waals surface area contributed by atoms with E-state index in [2.05, 4.69) is 15.9 Å². The van der Waals surface area contributed by atoms with Crippen molar-refractivity contribution in [2.45, 2.75) is 12.5 Å². The van der Waals surface area contributed by atoms with E-state index in [1.807, 2.05) is 53.4 Å². The van der Waals surface area contributed by atoms with Gasteiger partial charge in [-0.15, -0.1) is 0 Å². The van der Waals surface area contributed by atoms with Crippen LogP contribution >= 0.6 is 15.9 Å². The van der Waals surface area contributed by atoms with Crippen LogP contribution in [-0.2, 0) is 16.0 Å². The highest BCUT2D eigenvalue weighted by molar-refractivity contribution is 9.10. The Morgan fingerprint density at radius 3 is 2.78 bits per heavy atom. The molecule has 0 spiro atoms. The maximum absolute atomic E-state index is 12.5. The van der Waals surface area contributed by atoms with Crippen LogP contribution in [0.25, 0.3) is 0 Å². The number of nitrogen functional groups attached to an aromatic ring is 1. The summed E-state index contributed by atoms with van der Waals surface area (Å²) >= 11 is 3.48. The average Bonchev–Trinajstić information content (AvgIpc) is 2.57. The Morgan fingerprint density at radius 1 is 1.26 bits per heavy atom. The third-order valence-corrected chi connectivity index (χ3v) is 4.47. The lowest BCUT2D eigenvalue weighted by molar-refractivity contribution is -0.138. The minimum absolute atomic E-state index is 0.0726. The fourth-order valence-electron chi connectivity index (χ4n) is 2.71. The lowest BCUT2D eigenvalue weighted by Gasteiger charge is -2.33. The summed E-state index contributed by atoms with van der Waals surface area (Å²) in [7, 11) is 0. The molecule has 23 heavy (non-hydrogen) atoms. The topological polar surface area (TPSA) is 55.6 Å². The summed E-state index contributed by atoms with van der Waals surface area (Å²) in [6.45, 7) is 1.78.